The number of nitrogens with one attached hydrogen (secondary N) is 2. The summed E-state index contributed by atoms with van der Waals surface area (Å²) in [6, 6.07) is 5.51. The van der Waals surface area contributed by atoms with Crippen molar-refractivity contribution < 1.29 is 8.42 Å². The highest BCUT2D eigenvalue weighted by molar-refractivity contribution is 9.10. The van der Waals surface area contributed by atoms with Crippen LogP contribution in [0.15, 0.2) is 27.6 Å². The Bertz CT molecular complexity index is 542. The summed E-state index contributed by atoms with van der Waals surface area (Å²) in [5, 5.41) is 3.29. The monoisotopic (exact) mass is 346 g/mol. The maximum atomic E-state index is 12.1. The highest BCUT2D eigenvalue weighted by Crippen LogP contribution is 2.27. The fourth-order valence-corrected chi connectivity index (χ4v) is 4.20. The molecule has 0 saturated heterocycles. The van der Waals surface area contributed by atoms with E-state index in [9.17, 15) is 8.42 Å². The summed E-state index contributed by atoms with van der Waals surface area (Å²) >= 11 is 3.36. The highest BCUT2D eigenvalue weighted by atomic mass is 79.9. The largest absolute Gasteiger partial charge is 0.313 e. The average molecular weight is 347 g/mol. The minimum Gasteiger partial charge on any atom is -0.313 e. The summed E-state index contributed by atoms with van der Waals surface area (Å²) in [6.07, 6.45) is 2.96. The molecule has 1 aliphatic rings. The molecule has 0 unspecified atom stereocenters. The molecule has 1 saturated carbocycles. The molecule has 0 atom stereocenters. The second-order valence-corrected chi connectivity index (χ2v) is 7.37. The molecule has 2 N–H and O–H groups in total. The van der Waals surface area contributed by atoms with Crippen LogP contribution in [0.1, 0.15) is 31.7 Å². The zero-order valence-electron chi connectivity index (χ0n) is 10.9. The molecule has 0 bridgehead atoms. The van der Waals surface area contributed by atoms with Gasteiger partial charge in [-0.15, -0.1) is 0 Å². The van der Waals surface area contributed by atoms with E-state index in [1.54, 1.807) is 6.07 Å². The van der Waals surface area contributed by atoms with Gasteiger partial charge >= 0.3 is 0 Å². The third kappa shape index (κ3) is 4.27. The van der Waals surface area contributed by atoms with Crippen LogP contribution in [0.5, 0.6) is 0 Å². The zero-order chi connectivity index (χ0) is 13.9. The fourth-order valence-electron chi connectivity index (χ4n) is 1.77. The Morgan fingerprint density at radius 3 is 2.68 bits per heavy atom. The van der Waals surface area contributed by atoms with Crippen molar-refractivity contribution in [1.82, 2.24) is 10.0 Å². The lowest BCUT2D eigenvalue weighted by Gasteiger charge is -2.10. The van der Waals surface area contributed by atoms with E-state index in [1.165, 1.54) is 0 Å². The topological polar surface area (TPSA) is 58.2 Å². The molecule has 0 heterocycles. The predicted molar refractivity (Wildman–Crippen MR) is 79.5 cm³/mol. The van der Waals surface area contributed by atoms with Crippen LogP contribution >= 0.6 is 15.9 Å². The molecule has 4 nitrogen and oxygen atoms in total. The molecule has 1 aromatic carbocycles. The van der Waals surface area contributed by atoms with Gasteiger partial charge in [-0.05, 0) is 59.4 Å². The third-order valence-corrected chi connectivity index (χ3v) is 5.44. The smallest absolute Gasteiger partial charge is 0.241 e. The lowest BCUT2D eigenvalue weighted by Crippen LogP contribution is -2.26. The summed E-state index contributed by atoms with van der Waals surface area (Å²) in [7, 11) is -3.39. The molecule has 106 valence electrons. The minimum absolute atomic E-state index is 0.128. The van der Waals surface area contributed by atoms with Crippen molar-refractivity contribution in [2.24, 2.45) is 0 Å². The molecule has 1 aliphatic carbocycles. The lowest BCUT2D eigenvalue weighted by atomic mass is 10.2. The molecule has 6 heteroatoms. The van der Waals surface area contributed by atoms with Crippen LogP contribution in [0.4, 0.5) is 0 Å². The summed E-state index contributed by atoms with van der Waals surface area (Å²) in [4.78, 5) is 0.318. The fraction of sp³-hybridized carbons (Fsp3) is 0.538. The average Bonchev–Trinajstić information content (AvgIpc) is 3.12. The molecule has 0 radical (unpaired) electrons. The first-order valence-corrected chi connectivity index (χ1v) is 8.82. The van der Waals surface area contributed by atoms with Crippen LogP contribution in [0.25, 0.3) is 0 Å². The molecule has 1 aromatic rings. The Balaban J connectivity index is 2.09. The van der Waals surface area contributed by atoms with E-state index in [0.29, 0.717) is 9.37 Å². The first-order chi connectivity index (χ1) is 9.03. The molecule has 1 fully saturated rings. The van der Waals surface area contributed by atoms with Crippen LogP contribution in [-0.4, -0.2) is 21.0 Å². The summed E-state index contributed by atoms with van der Waals surface area (Å²) in [5.74, 6) is 0. The Labute approximate surface area is 123 Å². The Morgan fingerprint density at radius 1 is 1.37 bits per heavy atom. The quantitative estimate of drug-likeness (QED) is 0.745. The van der Waals surface area contributed by atoms with Gasteiger partial charge in [-0.1, -0.05) is 13.0 Å². The first-order valence-electron chi connectivity index (χ1n) is 6.54. The summed E-state index contributed by atoms with van der Waals surface area (Å²) in [6.45, 7) is 3.83. The van der Waals surface area contributed by atoms with Crippen molar-refractivity contribution in [3.8, 4) is 0 Å². The molecular weight excluding hydrogens is 328 g/mol. The van der Waals surface area contributed by atoms with Crippen molar-refractivity contribution in [1.29, 1.82) is 0 Å². The van der Waals surface area contributed by atoms with Gasteiger partial charge in [0.1, 0.15) is 0 Å². The SMILES string of the molecule is CCCNCc1ccc(S(=O)(=O)NC2CC2)c(Br)c1. The van der Waals surface area contributed by atoms with Crippen molar-refractivity contribution in [3.05, 3.63) is 28.2 Å². The van der Waals surface area contributed by atoms with Gasteiger partial charge in [0, 0.05) is 17.1 Å². The van der Waals surface area contributed by atoms with Crippen LogP contribution in [0.2, 0.25) is 0 Å². The van der Waals surface area contributed by atoms with E-state index in [1.807, 2.05) is 12.1 Å². The van der Waals surface area contributed by atoms with Gasteiger partial charge in [0.15, 0.2) is 0 Å². The number of hydrogen-bond donors (Lipinski definition) is 2. The van der Waals surface area contributed by atoms with Gasteiger partial charge in [-0.25, -0.2) is 13.1 Å². The third-order valence-electron chi connectivity index (χ3n) is 2.94. The Kier molecular flexibility index (Phi) is 5.00. The summed E-state index contributed by atoms with van der Waals surface area (Å²) in [5.41, 5.74) is 1.07. The van der Waals surface area contributed by atoms with E-state index in [-0.39, 0.29) is 6.04 Å². The van der Waals surface area contributed by atoms with Gasteiger partial charge in [0.05, 0.1) is 4.90 Å². The molecule has 0 aliphatic heterocycles. The van der Waals surface area contributed by atoms with E-state index in [0.717, 1.165) is 37.9 Å². The van der Waals surface area contributed by atoms with Crippen molar-refractivity contribution in [3.63, 3.8) is 0 Å². The second kappa shape index (κ2) is 6.35. The summed E-state index contributed by atoms with van der Waals surface area (Å²) < 4.78 is 27.5. The maximum Gasteiger partial charge on any atom is 0.241 e. The number of benzene rings is 1. The van der Waals surface area contributed by atoms with Crippen molar-refractivity contribution >= 4 is 26.0 Å². The second-order valence-electron chi connectivity index (χ2n) is 4.84. The minimum atomic E-state index is -3.39. The standard InChI is InChI=1S/C13H19BrN2O2S/c1-2-7-15-9-10-3-6-13(12(14)8-10)19(17,18)16-11-4-5-11/h3,6,8,11,15-16H,2,4-5,7,9H2,1H3. The van der Waals surface area contributed by atoms with E-state index >= 15 is 0 Å². The normalized spacial score (nSPS) is 15.7. The molecule has 0 aromatic heterocycles. The van der Waals surface area contributed by atoms with Crippen LogP contribution in [0, 0.1) is 0 Å². The van der Waals surface area contributed by atoms with Crippen molar-refractivity contribution in [2.75, 3.05) is 6.54 Å². The van der Waals surface area contributed by atoms with Crippen molar-refractivity contribution in [2.45, 2.75) is 43.7 Å². The van der Waals surface area contributed by atoms with E-state index < -0.39 is 10.0 Å². The van der Waals surface area contributed by atoms with Crippen LogP contribution in [-0.2, 0) is 16.6 Å². The number of rotatable bonds is 7. The lowest BCUT2D eigenvalue weighted by molar-refractivity contribution is 0.580. The molecule has 0 amide bonds. The Hall–Kier alpha value is -0.430. The highest BCUT2D eigenvalue weighted by Gasteiger charge is 2.29. The zero-order valence-corrected chi connectivity index (χ0v) is 13.4. The first kappa shape index (κ1) is 15.0. The van der Waals surface area contributed by atoms with Crippen LogP contribution in [0.3, 0.4) is 0 Å². The van der Waals surface area contributed by atoms with Crippen LogP contribution < -0.4 is 10.0 Å². The predicted octanol–water partition coefficient (Wildman–Crippen LogP) is 2.39. The molecule has 0 spiro atoms. The van der Waals surface area contributed by atoms with Gasteiger partial charge in [-0.3, -0.25) is 0 Å². The number of sulfonamides is 1. The van der Waals surface area contributed by atoms with Gasteiger partial charge in [0.25, 0.3) is 0 Å². The Morgan fingerprint density at radius 2 is 2.11 bits per heavy atom. The maximum absolute atomic E-state index is 12.1. The molecule has 2 rings (SSSR count). The van der Waals surface area contributed by atoms with E-state index in [2.05, 4.69) is 32.9 Å². The molecule has 19 heavy (non-hydrogen) atoms. The number of hydrogen-bond acceptors (Lipinski definition) is 3. The van der Waals surface area contributed by atoms with Gasteiger partial charge in [-0.2, -0.15) is 0 Å². The molecular formula is C13H19BrN2O2S. The van der Waals surface area contributed by atoms with Gasteiger partial charge < -0.3 is 5.32 Å². The van der Waals surface area contributed by atoms with Gasteiger partial charge in [0.2, 0.25) is 10.0 Å². The van der Waals surface area contributed by atoms with E-state index in [4.69, 9.17) is 0 Å². The number of halogens is 1.